The zero-order valence-electron chi connectivity index (χ0n) is 23.6. The largest absolute Gasteiger partial charge is 0.504 e. The van der Waals surface area contributed by atoms with E-state index in [4.69, 9.17) is 9.47 Å². The van der Waals surface area contributed by atoms with Crippen LogP contribution in [-0.2, 0) is 39.2 Å². The first kappa shape index (κ1) is 27.6. The summed E-state index contributed by atoms with van der Waals surface area (Å²) < 4.78 is 10.7. The highest BCUT2D eigenvalue weighted by Gasteiger charge is 2.70. The van der Waals surface area contributed by atoms with Gasteiger partial charge in [0, 0.05) is 23.8 Å². The minimum absolute atomic E-state index is 0.145. The molecule has 3 aromatic carbocycles. The summed E-state index contributed by atoms with van der Waals surface area (Å²) in [4.78, 5) is 43.3. The van der Waals surface area contributed by atoms with Crippen molar-refractivity contribution in [3.63, 3.8) is 0 Å². The van der Waals surface area contributed by atoms with Crippen molar-refractivity contribution in [1.82, 2.24) is 10.2 Å². The van der Waals surface area contributed by atoms with E-state index in [-0.39, 0.29) is 42.2 Å². The zero-order valence-corrected chi connectivity index (χ0v) is 23.6. The number of aromatic hydroxyl groups is 2. The molecule has 3 aromatic rings. The molecule has 3 heterocycles. The van der Waals surface area contributed by atoms with Crippen LogP contribution in [0.4, 0.5) is 5.69 Å². The Bertz CT molecular complexity index is 1600. The standard InChI is InChI=1S/C32H33N3O7/c1-4-17-5-8-21-20(13-17)32(31(40)33-21)28-27(22(34-32)14-19-6-9-23(36)24(37)15-19)29(38)35(30(28)39)12-11-18-7-10-25(41-2)26(16-18)42-3/h5-10,13,15-16,22,27-28,34,36-37H,4,11-12,14H2,1-3H3,(H,33,40)/t22-,27-,28+,32+/m1/s1. The van der Waals surface area contributed by atoms with Crippen molar-refractivity contribution >= 4 is 23.4 Å². The number of ether oxygens (including phenoxy) is 2. The SMILES string of the molecule is CCc1ccc2c(c1)[C@@]1(N[C@H](Cc3ccc(O)c(O)c3)[C@H]3C(=O)N(CCc4ccc(OC)c(OC)c4)C(=O)[C@H]31)C(=O)N2. The van der Waals surface area contributed by atoms with Gasteiger partial charge in [-0.3, -0.25) is 24.6 Å². The molecule has 4 N–H and O–H groups in total. The Balaban J connectivity index is 1.37. The van der Waals surface area contributed by atoms with Crippen LogP contribution in [0.15, 0.2) is 54.6 Å². The summed E-state index contributed by atoms with van der Waals surface area (Å²) in [6, 6.07) is 15.1. The van der Waals surface area contributed by atoms with Gasteiger partial charge < -0.3 is 25.0 Å². The number of aryl methyl sites for hydroxylation is 1. The number of fused-ring (bicyclic) bond motifs is 4. The first-order valence-corrected chi connectivity index (χ1v) is 14.0. The van der Waals surface area contributed by atoms with Crippen LogP contribution in [0.3, 0.4) is 0 Å². The summed E-state index contributed by atoms with van der Waals surface area (Å²) >= 11 is 0. The molecule has 0 saturated carbocycles. The van der Waals surface area contributed by atoms with Gasteiger partial charge in [-0.2, -0.15) is 0 Å². The third-order valence-corrected chi connectivity index (χ3v) is 8.85. The van der Waals surface area contributed by atoms with E-state index in [0.29, 0.717) is 34.7 Å². The average molecular weight is 572 g/mol. The van der Waals surface area contributed by atoms with Gasteiger partial charge in [-0.1, -0.05) is 31.2 Å². The summed E-state index contributed by atoms with van der Waals surface area (Å²) in [5.41, 5.74) is 2.40. The van der Waals surface area contributed by atoms with Crippen molar-refractivity contribution in [3.8, 4) is 23.0 Å². The van der Waals surface area contributed by atoms with E-state index in [2.05, 4.69) is 10.6 Å². The van der Waals surface area contributed by atoms with Gasteiger partial charge in [-0.25, -0.2) is 0 Å². The molecule has 6 rings (SSSR count). The maximum Gasteiger partial charge on any atom is 0.250 e. The van der Waals surface area contributed by atoms with Gasteiger partial charge in [0.1, 0.15) is 5.54 Å². The van der Waals surface area contributed by atoms with E-state index in [1.807, 2.05) is 37.3 Å². The Morgan fingerprint density at radius 3 is 2.31 bits per heavy atom. The third kappa shape index (κ3) is 4.16. The molecule has 0 aliphatic carbocycles. The Labute approximate surface area is 243 Å². The van der Waals surface area contributed by atoms with Crippen molar-refractivity contribution in [2.45, 2.75) is 37.8 Å². The lowest BCUT2D eigenvalue weighted by Crippen LogP contribution is -2.53. The molecule has 1 spiro atoms. The summed E-state index contributed by atoms with van der Waals surface area (Å²) in [5, 5.41) is 26.3. The first-order valence-electron chi connectivity index (χ1n) is 14.0. The Hall–Kier alpha value is -4.57. The molecular weight excluding hydrogens is 538 g/mol. The number of hydrogen-bond donors (Lipinski definition) is 4. The summed E-state index contributed by atoms with van der Waals surface area (Å²) in [7, 11) is 3.10. The molecule has 218 valence electrons. The number of anilines is 1. The molecule has 0 radical (unpaired) electrons. The number of phenolic OH excluding ortho intramolecular Hbond substituents is 2. The van der Waals surface area contributed by atoms with Crippen molar-refractivity contribution in [2.24, 2.45) is 11.8 Å². The number of benzene rings is 3. The van der Waals surface area contributed by atoms with Gasteiger partial charge in [-0.05, 0) is 66.3 Å². The maximum atomic E-state index is 14.2. The Morgan fingerprint density at radius 1 is 0.857 bits per heavy atom. The second-order valence-electron chi connectivity index (χ2n) is 11.0. The molecular formula is C32H33N3O7. The van der Waals surface area contributed by atoms with Gasteiger partial charge in [0.2, 0.25) is 17.7 Å². The lowest BCUT2D eigenvalue weighted by atomic mass is 9.76. The number of phenols is 2. The highest BCUT2D eigenvalue weighted by Crippen LogP contribution is 2.53. The second-order valence-corrected chi connectivity index (χ2v) is 11.0. The molecule has 3 aliphatic rings. The number of imide groups is 1. The number of nitrogens with one attached hydrogen (secondary N) is 2. The van der Waals surface area contributed by atoms with Crippen LogP contribution in [0.25, 0.3) is 0 Å². The van der Waals surface area contributed by atoms with E-state index < -0.39 is 23.4 Å². The number of amides is 3. The quantitative estimate of drug-likeness (QED) is 0.239. The van der Waals surface area contributed by atoms with Crippen molar-refractivity contribution in [1.29, 1.82) is 0 Å². The van der Waals surface area contributed by atoms with Crippen molar-refractivity contribution < 1.29 is 34.1 Å². The van der Waals surface area contributed by atoms with Crippen LogP contribution in [0.1, 0.15) is 29.2 Å². The Morgan fingerprint density at radius 2 is 1.60 bits per heavy atom. The molecule has 0 bridgehead atoms. The highest BCUT2D eigenvalue weighted by atomic mass is 16.5. The van der Waals surface area contributed by atoms with E-state index in [9.17, 15) is 24.6 Å². The second kappa shape index (κ2) is 10.4. The smallest absolute Gasteiger partial charge is 0.250 e. The molecule has 2 fully saturated rings. The van der Waals surface area contributed by atoms with E-state index in [0.717, 1.165) is 17.5 Å². The normalized spacial score (nSPS) is 24.2. The third-order valence-electron chi connectivity index (χ3n) is 8.85. The highest BCUT2D eigenvalue weighted by molar-refractivity contribution is 6.15. The molecule has 2 saturated heterocycles. The van der Waals surface area contributed by atoms with Gasteiger partial charge >= 0.3 is 0 Å². The van der Waals surface area contributed by atoms with Crippen LogP contribution in [0.5, 0.6) is 23.0 Å². The first-order chi connectivity index (χ1) is 20.2. The zero-order chi connectivity index (χ0) is 29.8. The van der Waals surface area contributed by atoms with Gasteiger partial charge in [-0.15, -0.1) is 0 Å². The van der Waals surface area contributed by atoms with Crippen molar-refractivity contribution in [2.75, 3.05) is 26.1 Å². The fraction of sp³-hybridized carbons (Fsp3) is 0.344. The number of methoxy groups -OCH3 is 2. The number of carbonyl (C=O) groups is 3. The van der Waals surface area contributed by atoms with Crippen molar-refractivity contribution in [3.05, 3.63) is 76.9 Å². The molecule has 3 aliphatic heterocycles. The van der Waals surface area contributed by atoms with E-state index >= 15 is 0 Å². The van der Waals surface area contributed by atoms with Crippen LogP contribution in [0.2, 0.25) is 0 Å². The molecule has 3 amide bonds. The Kier molecular flexibility index (Phi) is 6.81. The predicted molar refractivity (Wildman–Crippen MR) is 153 cm³/mol. The topological polar surface area (TPSA) is 137 Å². The van der Waals surface area contributed by atoms with E-state index in [1.165, 1.54) is 17.0 Å². The van der Waals surface area contributed by atoms with Crippen LogP contribution < -0.4 is 20.1 Å². The molecule has 10 nitrogen and oxygen atoms in total. The van der Waals surface area contributed by atoms with E-state index in [1.54, 1.807) is 26.4 Å². The predicted octanol–water partition coefficient (Wildman–Crippen LogP) is 2.88. The lowest BCUT2D eigenvalue weighted by molar-refractivity contribution is -0.142. The number of rotatable bonds is 8. The maximum absolute atomic E-state index is 14.2. The fourth-order valence-corrected chi connectivity index (χ4v) is 6.75. The lowest BCUT2D eigenvalue weighted by Gasteiger charge is -2.30. The van der Waals surface area contributed by atoms with Crippen LogP contribution >= 0.6 is 0 Å². The number of carbonyl (C=O) groups excluding carboxylic acids is 3. The number of likely N-dealkylation sites (tertiary alicyclic amines) is 1. The van der Waals surface area contributed by atoms with Gasteiger partial charge in [0.25, 0.3) is 0 Å². The molecule has 42 heavy (non-hydrogen) atoms. The molecule has 10 heteroatoms. The summed E-state index contributed by atoms with van der Waals surface area (Å²) in [6.45, 7) is 2.16. The minimum atomic E-state index is -1.42. The molecule has 0 aromatic heterocycles. The molecule has 0 unspecified atom stereocenters. The fourth-order valence-electron chi connectivity index (χ4n) is 6.75. The summed E-state index contributed by atoms with van der Waals surface area (Å²) in [5.74, 6) is -2.24. The number of nitrogens with zero attached hydrogens (tertiary/aromatic N) is 1. The minimum Gasteiger partial charge on any atom is -0.504 e. The van der Waals surface area contributed by atoms with Gasteiger partial charge in [0.05, 0.1) is 26.1 Å². The van der Waals surface area contributed by atoms with Crippen LogP contribution in [-0.4, -0.2) is 59.6 Å². The number of hydrogen-bond acceptors (Lipinski definition) is 8. The molecule has 4 atom stereocenters. The monoisotopic (exact) mass is 571 g/mol. The average Bonchev–Trinajstić information content (AvgIpc) is 3.57. The summed E-state index contributed by atoms with van der Waals surface area (Å²) in [6.07, 6.45) is 1.40. The van der Waals surface area contributed by atoms with Crippen LogP contribution in [0, 0.1) is 11.8 Å². The van der Waals surface area contributed by atoms with Gasteiger partial charge in [0.15, 0.2) is 23.0 Å².